The number of para-hydroxylation sites is 1. The molecule has 2 rings (SSSR count). The van der Waals surface area contributed by atoms with Crippen LogP contribution in [0.15, 0.2) is 30.3 Å². The van der Waals surface area contributed by atoms with Gasteiger partial charge in [0.05, 0.1) is 5.92 Å². The highest BCUT2D eigenvalue weighted by molar-refractivity contribution is 5.72. The average Bonchev–Trinajstić information content (AvgIpc) is 2.46. The molecule has 1 saturated heterocycles. The van der Waals surface area contributed by atoms with Gasteiger partial charge >= 0.3 is 5.97 Å². The summed E-state index contributed by atoms with van der Waals surface area (Å²) >= 11 is 0. The second kappa shape index (κ2) is 6.40. The van der Waals surface area contributed by atoms with E-state index in [1.165, 1.54) is 0 Å². The second-order valence-electron chi connectivity index (χ2n) is 4.51. The highest BCUT2D eigenvalue weighted by atomic mass is 17.2. The van der Waals surface area contributed by atoms with Crippen molar-refractivity contribution < 1.29 is 14.6 Å². The summed E-state index contributed by atoms with van der Waals surface area (Å²) in [6.07, 6.45) is 1.70. The minimum Gasteiger partial charge on any atom is -0.304 e. The standard InChI is InChI=1S/C14H19NO3/c1-2-15-10-8-12(9-11-15)14(16)18-17-13-6-4-3-5-7-13/h3-7,12H,2,8-11H2,1H3. The second-order valence-corrected chi connectivity index (χ2v) is 4.51. The van der Waals surface area contributed by atoms with Crippen LogP contribution in [0.4, 0.5) is 0 Å². The largest absolute Gasteiger partial charge is 0.358 e. The van der Waals surface area contributed by atoms with Crippen LogP contribution in [0.3, 0.4) is 0 Å². The number of piperidine rings is 1. The Balaban J connectivity index is 1.75. The normalized spacial score (nSPS) is 17.4. The first-order chi connectivity index (χ1) is 8.79. The molecule has 0 aromatic heterocycles. The smallest absolute Gasteiger partial charge is 0.304 e. The summed E-state index contributed by atoms with van der Waals surface area (Å²) in [5.41, 5.74) is 0. The van der Waals surface area contributed by atoms with Crippen molar-refractivity contribution in [3.05, 3.63) is 30.3 Å². The van der Waals surface area contributed by atoms with Crippen molar-refractivity contribution in [1.29, 1.82) is 0 Å². The quantitative estimate of drug-likeness (QED) is 0.606. The van der Waals surface area contributed by atoms with Crippen LogP contribution >= 0.6 is 0 Å². The fourth-order valence-corrected chi connectivity index (χ4v) is 2.12. The Hall–Kier alpha value is -1.55. The lowest BCUT2D eigenvalue weighted by Gasteiger charge is -2.29. The van der Waals surface area contributed by atoms with E-state index in [4.69, 9.17) is 9.78 Å². The molecule has 1 aliphatic rings. The number of carbonyl (C=O) groups is 1. The molecule has 0 saturated carbocycles. The van der Waals surface area contributed by atoms with Crippen LogP contribution in [0.25, 0.3) is 0 Å². The molecule has 0 aliphatic carbocycles. The predicted molar refractivity (Wildman–Crippen MR) is 68.0 cm³/mol. The van der Waals surface area contributed by atoms with Crippen LogP contribution in [0.2, 0.25) is 0 Å². The Labute approximate surface area is 107 Å². The highest BCUT2D eigenvalue weighted by Gasteiger charge is 2.26. The summed E-state index contributed by atoms with van der Waals surface area (Å²) in [7, 11) is 0. The summed E-state index contributed by atoms with van der Waals surface area (Å²) in [6.45, 7) is 5.10. The number of hydrogen-bond acceptors (Lipinski definition) is 4. The predicted octanol–water partition coefficient (Wildman–Crippen LogP) is 2.26. The molecule has 98 valence electrons. The fourth-order valence-electron chi connectivity index (χ4n) is 2.12. The van der Waals surface area contributed by atoms with E-state index < -0.39 is 0 Å². The molecule has 0 atom stereocenters. The van der Waals surface area contributed by atoms with Crippen LogP contribution in [-0.2, 0) is 9.68 Å². The highest BCUT2D eigenvalue weighted by Crippen LogP contribution is 2.19. The van der Waals surface area contributed by atoms with Gasteiger partial charge in [0.1, 0.15) is 0 Å². The first-order valence-electron chi connectivity index (χ1n) is 6.45. The van der Waals surface area contributed by atoms with E-state index in [2.05, 4.69) is 11.8 Å². The lowest BCUT2D eigenvalue weighted by molar-refractivity contribution is -0.220. The number of benzene rings is 1. The molecule has 1 aliphatic heterocycles. The molecule has 0 unspecified atom stereocenters. The maximum Gasteiger partial charge on any atom is 0.358 e. The van der Waals surface area contributed by atoms with Gasteiger partial charge in [-0.3, -0.25) is 9.78 Å². The molecule has 4 nitrogen and oxygen atoms in total. The van der Waals surface area contributed by atoms with E-state index in [0.29, 0.717) is 5.75 Å². The van der Waals surface area contributed by atoms with Gasteiger partial charge < -0.3 is 4.90 Å². The van der Waals surface area contributed by atoms with Crippen molar-refractivity contribution in [2.24, 2.45) is 5.92 Å². The minimum atomic E-state index is -0.255. The van der Waals surface area contributed by atoms with Gasteiger partial charge in [0, 0.05) is 0 Å². The number of carbonyl (C=O) groups excluding carboxylic acids is 1. The topological polar surface area (TPSA) is 38.8 Å². The molecular formula is C14H19NO3. The maximum atomic E-state index is 11.8. The third kappa shape index (κ3) is 3.47. The van der Waals surface area contributed by atoms with Gasteiger partial charge in [0.2, 0.25) is 0 Å². The Morgan fingerprint density at radius 2 is 1.94 bits per heavy atom. The van der Waals surface area contributed by atoms with Crippen molar-refractivity contribution in [3.63, 3.8) is 0 Å². The van der Waals surface area contributed by atoms with Gasteiger partial charge in [0.15, 0.2) is 5.75 Å². The molecule has 1 aromatic rings. The molecule has 1 heterocycles. The van der Waals surface area contributed by atoms with Gasteiger partial charge in [-0.2, -0.15) is 0 Å². The van der Waals surface area contributed by atoms with E-state index in [9.17, 15) is 4.79 Å². The first kappa shape index (κ1) is 12.9. The summed E-state index contributed by atoms with van der Waals surface area (Å²) in [6, 6.07) is 9.07. The zero-order chi connectivity index (χ0) is 12.8. The van der Waals surface area contributed by atoms with Crippen molar-refractivity contribution >= 4 is 5.97 Å². The van der Waals surface area contributed by atoms with Crippen LogP contribution < -0.4 is 4.89 Å². The SMILES string of the molecule is CCN1CCC(C(=O)OOc2ccccc2)CC1. The number of likely N-dealkylation sites (tertiary alicyclic amines) is 1. The van der Waals surface area contributed by atoms with Crippen molar-refractivity contribution in [3.8, 4) is 5.75 Å². The molecule has 4 heteroatoms. The monoisotopic (exact) mass is 249 g/mol. The molecule has 1 aromatic carbocycles. The average molecular weight is 249 g/mol. The Morgan fingerprint density at radius 1 is 1.28 bits per heavy atom. The van der Waals surface area contributed by atoms with Gasteiger partial charge in [-0.05, 0) is 44.6 Å². The van der Waals surface area contributed by atoms with Crippen LogP contribution in [0, 0.1) is 5.92 Å². The Bertz CT molecular complexity index is 372. The van der Waals surface area contributed by atoms with E-state index in [0.717, 1.165) is 32.5 Å². The molecule has 0 spiro atoms. The zero-order valence-electron chi connectivity index (χ0n) is 10.7. The number of rotatable bonds is 4. The van der Waals surface area contributed by atoms with Crippen LogP contribution in [0.1, 0.15) is 19.8 Å². The van der Waals surface area contributed by atoms with Crippen molar-refractivity contribution in [1.82, 2.24) is 4.90 Å². The van der Waals surface area contributed by atoms with Crippen LogP contribution in [-0.4, -0.2) is 30.5 Å². The summed E-state index contributed by atoms with van der Waals surface area (Å²) in [4.78, 5) is 24.0. The van der Waals surface area contributed by atoms with Gasteiger partial charge in [-0.15, -0.1) is 0 Å². The Kier molecular flexibility index (Phi) is 4.59. The maximum absolute atomic E-state index is 11.8. The molecule has 1 fully saturated rings. The molecule has 0 N–H and O–H groups in total. The molecule has 0 amide bonds. The van der Waals surface area contributed by atoms with Gasteiger partial charge in [-0.25, -0.2) is 4.79 Å². The molecular weight excluding hydrogens is 230 g/mol. The van der Waals surface area contributed by atoms with Crippen molar-refractivity contribution in [2.75, 3.05) is 19.6 Å². The summed E-state index contributed by atoms with van der Waals surface area (Å²) < 4.78 is 0. The third-order valence-corrected chi connectivity index (χ3v) is 3.33. The molecule has 18 heavy (non-hydrogen) atoms. The number of hydrogen-bond donors (Lipinski definition) is 0. The summed E-state index contributed by atoms with van der Waals surface area (Å²) in [5, 5.41) is 0. The van der Waals surface area contributed by atoms with Gasteiger partial charge in [0.25, 0.3) is 0 Å². The summed E-state index contributed by atoms with van der Waals surface area (Å²) in [5.74, 6) is 0.267. The lowest BCUT2D eigenvalue weighted by Crippen LogP contribution is -2.36. The minimum absolute atomic E-state index is 0.0310. The zero-order valence-corrected chi connectivity index (χ0v) is 10.7. The first-order valence-corrected chi connectivity index (χ1v) is 6.45. The van der Waals surface area contributed by atoms with E-state index in [-0.39, 0.29) is 11.9 Å². The number of nitrogens with zero attached hydrogens (tertiary/aromatic N) is 1. The van der Waals surface area contributed by atoms with E-state index in [1.807, 2.05) is 18.2 Å². The van der Waals surface area contributed by atoms with E-state index >= 15 is 0 Å². The Morgan fingerprint density at radius 3 is 2.56 bits per heavy atom. The van der Waals surface area contributed by atoms with E-state index in [1.54, 1.807) is 12.1 Å². The fraction of sp³-hybridized carbons (Fsp3) is 0.500. The lowest BCUT2D eigenvalue weighted by atomic mass is 9.97. The van der Waals surface area contributed by atoms with Gasteiger partial charge in [-0.1, -0.05) is 25.1 Å². The molecule has 0 radical (unpaired) electrons. The third-order valence-electron chi connectivity index (χ3n) is 3.33. The van der Waals surface area contributed by atoms with Crippen LogP contribution in [0.5, 0.6) is 5.75 Å². The van der Waals surface area contributed by atoms with Crippen molar-refractivity contribution in [2.45, 2.75) is 19.8 Å². The molecule has 0 bridgehead atoms.